The van der Waals surface area contributed by atoms with E-state index in [0.29, 0.717) is 5.54 Å². The zero-order valence-corrected chi connectivity index (χ0v) is 6.28. The first-order valence-corrected chi connectivity index (χ1v) is 4.62. The zero-order chi connectivity index (χ0) is 6.16. The predicted octanol–water partition coefficient (Wildman–Crippen LogP) is 2.07. The molecule has 0 aromatic carbocycles. The summed E-state index contributed by atoms with van der Waals surface area (Å²) < 4.78 is 0. The molecule has 0 saturated heterocycles. The predicted molar refractivity (Wildman–Crippen MR) is 42.1 cm³/mol. The van der Waals surface area contributed by atoms with Crippen LogP contribution in [0.25, 0.3) is 0 Å². The number of hydrogen-bond donors (Lipinski definition) is 0. The number of nitrogens with zero attached hydrogens (tertiary/aromatic N) is 1. The van der Waals surface area contributed by atoms with Crippen molar-refractivity contribution in [2.45, 2.75) is 31.2 Å². The molecular formula is C7H11NS. The van der Waals surface area contributed by atoms with Crippen LogP contribution < -0.4 is 0 Å². The Morgan fingerprint density at radius 1 is 1.33 bits per heavy atom. The van der Waals surface area contributed by atoms with Gasteiger partial charge in [-0.25, -0.2) is 0 Å². The Kier molecular flexibility index (Phi) is 1.29. The smallest absolute Gasteiger partial charge is 0.0708 e. The molecule has 0 amide bonds. The fourth-order valence-electron chi connectivity index (χ4n) is 1.69. The van der Waals surface area contributed by atoms with Crippen molar-refractivity contribution in [3.05, 3.63) is 0 Å². The summed E-state index contributed by atoms with van der Waals surface area (Å²) in [5.74, 6) is 1.26. The average Bonchev–Trinajstić information content (AvgIpc) is 2.45. The van der Waals surface area contributed by atoms with E-state index in [-0.39, 0.29) is 0 Å². The minimum atomic E-state index is 0.421. The van der Waals surface area contributed by atoms with Gasteiger partial charge in [-0.3, -0.25) is 4.99 Å². The highest BCUT2D eigenvalue weighted by molar-refractivity contribution is 8.12. The lowest BCUT2D eigenvalue weighted by molar-refractivity contribution is 0.510. The molecule has 1 fully saturated rings. The van der Waals surface area contributed by atoms with Crippen molar-refractivity contribution in [1.29, 1.82) is 0 Å². The molecule has 0 N–H and O–H groups in total. The maximum absolute atomic E-state index is 4.50. The Bertz CT molecular complexity index is 136. The second kappa shape index (κ2) is 2.01. The topological polar surface area (TPSA) is 12.4 Å². The Labute approximate surface area is 59.9 Å². The number of thioether (sulfide) groups is 1. The Morgan fingerprint density at radius 2 is 2.11 bits per heavy atom. The second-order valence-corrected chi connectivity index (χ2v) is 3.81. The van der Waals surface area contributed by atoms with Crippen LogP contribution in [0.1, 0.15) is 25.7 Å². The van der Waals surface area contributed by atoms with Crippen LogP contribution >= 0.6 is 11.8 Å². The van der Waals surface area contributed by atoms with Crippen molar-refractivity contribution >= 4 is 17.3 Å². The molecule has 0 atom stereocenters. The molecule has 0 aromatic rings. The fourth-order valence-corrected chi connectivity index (χ4v) is 2.73. The highest BCUT2D eigenvalue weighted by Crippen LogP contribution is 2.38. The van der Waals surface area contributed by atoms with E-state index in [0.717, 1.165) is 0 Å². The van der Waals surface area contributed by atoms with E-state index in [2.05, 4.69) is 4.99 Å². The van der Waals surface area contributed by atoms with Crippen LogP contribution in [0.4, 0.5) is 0 Å². The van der Waals surface area contributed by atoms with Gasteiger partial charge in [-0.2, -0.15) is 0 Å². The first kappa shape index (κ1) is 5.78. The summed E-state index contributed by atoms with van der Waals surface area (Å²) in [6.45, 7) is 0. The molecule has 2 heteroatoms. The third-order valence-electron chi connectivity index (χ3n) is 2.29. The third kappa shape index (κ3) is 0.895. The van der Waals surface area contributed by atoms with E-state index < -0.39 is 0 Å². The molecule has 1 nitrogen and oxygen atoms in total. The summed E-state index contributed by atoms with van der Waals surface area (Å²) >= 11 is 1.88. The lowest BCUT2D eigenvalue weighted by Gasteiger charge is -2.16. The van der Waals surface area contributed by atoms with Gasteiger partial charge in [-0.1, -0.05) is 12.8 Å². The number of rotatable bonds is 0. The van der Waals surface area contributed by atoms with Crippen LogP contribution in [0.5, 0.6) is 0 Å². The average molecular weight is 141 g/mol. The summed E-state index contributed by atoms with van der Waals surface area (Å²) in [4.78, 5) is 4.50. The van der Waals surface area contributed by atoms with Gasteiger partial charge in [0.25, 0.3) is 0 Å². The van der Waals surface area contributed by atoms with Crippen LogP contribution in [-0.4, -0.2) is 16.8 Å². The zero-order valence-electron chi connectivity index (χ0n) is 5.47. The number of hydrogen-bond acceptors (Lipinski definition) is 2. The van der Waals surface area contributed by atoms with Crippen LogP contribution in [0.2, 0.25) is 0 Å². The first-order chi connectivity index (χ1) is 4.41. The van der Waals surface area contributed by atoms with Gasteiger partial charge in [0, 0.05) is 5.75 Å². The molecule has 0 unspecified atom stereocenters. The molecular weight excluding hydrogens is 130 g/mol. The van der Waals surface area contributed by atoms with Crippen LogP contribution in [-0.2, 0) is 0 Å². The normalized spacial score (nSPS) is 30.2. The van der Waals surface area contributed by atoms with Crippen molar-refractivity contribution in [3.63, 3.8) is 0 Å². The fraction of sp³-hybridized carbons (Fsp3) is 0.857. The van der Waals surface area contributed by atoms with Crippen molar-refractivity contribution in [3.8, 4) is 0 Å². The largest absolute Gasteiger partial charge is 0.279 e. The summed E-state index contributed by atoms with van der Waals surface area (Å²) in [5, 5.41) is 0. The van der Waals surface area contributed by atoms with Crippen molar-refractivity contribution < 1.29 is 0 Å². The van der Waals surface area contributed by atoms with E-state index in [9.17, 15) is 0 Å². The molecule has 2 rings (SSSR count). The molecule has 0 radical (unpaired) electrons. The van der Waals surface area contributed by atoms with Crippen molar-refractivity contribution in [1.82, 2.24) is 0 Å². The SMILES string of the molecule is C1=NC2(CCCC2)CS1. The Morgan fingerprint density at radius 3 is 2.67 bits per heavy atom. The van der Waals surface area contributed by atoms with Gasteiger partial charge in [0.05, 0.1) is 11.1 Å². The summed E-state index contributed by atoms with van der Waals surface area (Å²) in [7, 11) is 0. The quantitative estimate of drug-likeness (QED) is 0.503. The van der Waals surface area contributed by atoms with Gasteiger partial charge in [0.2, 0.25) is 0 Å². The highest BCUT2D eigenvalue weighted by atomic mass is 32.2. The molecule has 50 valence electrons. The molecule has 1 spiro atoms. The maximum Gasteiger partial charge on any atom is 0.0708 e. The molecule has 9 heavy (non-hydrogen) atoms. The van der Waals surface area contributed by atoms with E-state index in [1.807, 2.05) is 17.3 Å². The first-order valence-electron chi connectivity index (χ1n) is 3.57. The molecule has 0 bridgehead atoms. The summed E-state index contributed by atoms with van der Waals surface area (Å²) in [6, 6.07) is 0. The molecule has 2 aliphatic rings. The van der Waals surface area contributed by atoms with E-state index in [4.69, 9.17) is 0 Å². The van der Waals surface area contributed by atoms with Crippen molar-refractivity contribution in [2.24, 2.45) is 4.99 Å². The summed E-state index contributed by atoms with van der Waals surface area (Å²) in [6.07, 6.45) is 5.49. The van der Waals surface area contributed by atoms with E-state index in [1.165, 1.54) is 31.4 Å². The van der Waals surface area contributed by atoms with Gasteiger partial charge in [0.1, 0.15) is 0 Å². The minimum Gasteiger partial charge on any atom is -0.279 e. The van der Waals surface area contributed by atoms with Crippen molar-refractivity contribution in [2.75, 3.05) is 5.75 Å². The minimum absolute atomic E-state index is 0.421. The van der Waals surface area contributed by atoms with Gasteiger partial charge in [-0.15, -0.1) is 11.8 Å². The molecule has 1 aliphatic carbocycles. The lowest BCUT2D eigenvalue weighted by Crippen LogP contribution is -2.21. The molecule has 1 saturated carbocycles. The van der Waals surface area contributed by atoms with E-state index >= 15 is 0 Å². The maximum atomic E-state index is 4.50. The van der Waals surface area contributed by atoms with Gasteiger partial charge in [-0.05, 0) is 12.8 Å². The monoisotopic (exact) mass is 141 g/mol. The summed E-state index contributed by atoms with van der Waals surface area (Å²) in [5.41, 5.74) is 2.45. The van der Waals surface area contributed by atoms with Crippen LogP contribution in [0, 0.1) is 0 Å². The third-order valence-corrected chi connectivity index (χ3v) is 3.25. The second-order valence-electron chi connectivity index (χ2n) is 2.98. The highest BCUT2D eigenvalue weighted by Gasteiger charge is 2.34. The van der Waals surface area contributed by atoms with Gasteiger partial charge >= 0.3 is 0 Å². The van der Waals surface area contributed by atoms with Gasteiger partial charge in [0.15, 0.2) is 0 Å². The molecule has 0 aromatic heterocycles. The van der Waals surface area contributed by atoms with Crippen LogP contribution in [0.3, 0.4) is 0 Å². The van der Waals surface area contributed by atoms with Crippen LogP contribution in [0.15, 0.2) is 4.99 Å². The van der Waals surface area contributed by atoms with E-state index in [1.54, 1.807) is 0 Å². The Balaban J connectivity index is 2.13. The number of aliphatic imine (C=N–C) groups is 1. The Hall–Kier alpha value is 0.0200. The molecule has 1 heterocycles. The lowest BCUT2D eigenvalue weighted by atomic mass is 10.0. The molecule has 1 aliphatic heterocycles. The van der Waals surface area contributed by atoms with Gasteiger partial charge < -0.3 is 0 Å². The standard InChI is InChI=1S/C7H11NS/c1-2-4-7(3-1)5-9-6-8-7/h6H,1-5H2.